The molecule has 2 aliphatic heterocycles. The minimum atomic E-state index is -2.02. The highest BCUT2D eigenvalue weighted by atomic mass is 28.4. The lowest BCUT2D eigenvalue weighted by atomic mass is 10.1. The first-order valence-electron chi connectivity index (χ1n) is 13.4. The maximum absolute atomic E-state index is 6.63. The van der Waals surface area contributed by atoms with Crippen LogP contribution in [0.25, 0.3) is 0 Å². The van der Waals surface area contributed by atoms with Gasteiger partial charge in [0.2, 0.25) is 0 Å². The number of ether oxygens (including phenoxy) is 6. The highest BCUT2D eigenvalue weighted by Crippen LogP contribution is 2.42. The Morgan fingerprint density at radius 1 is 0.895 bits per heavy atom. The molecule has 2 aliphatic rings. The predicted octanol–water partition coefficient (Wildman–Crippen LogP) is 6.06. The van der Waals surface area contributed by atoms with Gasteiger partial charge in [-0.15, -0.1) is 0 Å². The Bertz CT molecular complexity index is 1020. The van der Waals surface area contributed by atoms with Gasteiger partial charge in [0.25, 0.3) is 0 Å². The van der Waals surface area contributed by atoms with Crippen molar-refractivity contribution in [1.29, 1.82) is 0 Å². The van der Waals surface area contributed by atoms with E-state index in [0.29, 0.717) is 19.8 Å². The van der Waals surface area contributed by atoms with Crippen LogP contribution in [0, 0.1) is 0 Å². The SMILES string of the molecule is COc1ccc(CO[C@H]2O[C@H]([C@@H](CO[Si](C)(C)C(C)(C)C)OCc3ccccc3)[C@@H]3OC(C)(C)O[C@H]23)cc1. The van der Waals surface area contributed by atoms with E-state index in [1.54, 1.807) is 7.11 Å². The maximum Gasteiger partial charge on any atom is 0.192 e. The molecular formula is C30H44O7Si. The molecule has 2 aromatic rings. The summed E-state index contributed by atoms with van der Waals surface area (Å²) in [5.41, 5.74) is 2.11. The van der Waals surface area contributed by atoms with Crippen LogP contribution in [0.15, 0.2) is 54.6 Å². The average molecular weight is 545 g/mol. The molecule has 2 fully saturated rings. The molecule has 0 bridgehead atoms. The number of hydrogen-bond acceptors (Lipinski definition) is 7. The van der Waals surface area contributed by atoms with Crippen molar-refractivity contribution >= 4 is 8.32 Å². The Morgan fingerprint density at radius 2 is 1.53 bits per heavy atom. The zero-order valence-corrected chi connectivity index (χ0v) is 25.1. The molecule has 7 nitrogen and oxygen atoms in total. The lowest BCUT2D eigenvalue weighted by Crippen LogP contribution is -2.47. The molecule has 0 saturated carbocycles. The van der Waals surface area contributed by atoms with Gasteiger partial charge in [0, 0.05) is 0 Å². The van der Waals surface area contributed by atoms with Crippen LogP contribution in [-0.2, 0) is 41.3 Å². The first-order chi connectivity index (χ1) is 17.9. The van der Waals surface area contributed by atoms with E-state index in [1.165, 1.54) is 0 Å². The molecule has 210 valence electrons. The number of fused-ring (bicyclic) bond motifs is 1. The summed E-state index contributed by atoms with van der Waals surface area (Å²) >= 11 is 0. The fourth-order valence-electron chi connectivity index (χ4n) is 4.45. The van der Waals surface area contributed by atoms with Gasteiger partial charge in [0.1, 0.15) is 30.2 Å². The van der Waals surface area contributed by atoms with Crippen molar-refractivity contribution in [2.45, 2.75) is 102 Å². The van der Waals surface area contributed by atoms with Crippen LogP contribution in [0.1, 0.15) is 45.7 Å². The molecule has 8 heteroatoms. The molecule has 0 unspecified atom stereocenters. The minimum absolute atomic E-state index is 0.0784. The smallest absolute Gasteiger partial charge is 0.192 e. The van der Waals surface area contributed by atoms with E-state index >= 15 is 0 Å². The van der Waals surface area contributed by atoms with Gasteiger partial charge in [-0.3, -0.25) is 0 Å². The van der Waals surface area contributed by atoms with E-state index in [4.69, 9.17) is 32.8 Å². The molecule has 2 aromatic carbocycles. The van der Waals surface area contributed by atoms with Gasteiger partial charge >= 0.3 is 0 Å². The van der Waals surface area contributed by atoms with Crippen molar-refractivity contribution in [1.82, 2.24) is 0 Å². The Labute approximate surface area is 228 Å². The summed E-state index contributed by atoms with van der Waals surface area (Å²) in [5.74, 6) is 0.0593. The topological polar surface area (TPSA) is 64.6 Å². The lowest BCUT2D eigenvalue weighted by Gasteiger charge is -2.38. The number of hydrogen-bond donors (Lipinski definition) is 0. The monoisotopic (exact) mass is 544 g/mol. The quantitative estimate of drug-likeness (QED) is 0.319. The Kier molecular flexibility index (Phi) is 9.04. The third kappa shape index (κ3) is 7.04. The summed E-state index contributed by atoms with van der Waals surface area (Å²) < 4.78 is 43.8. The zero-order valence-electron chi connectivity index (χ0n) is 24.1. The van der Waals surface area contributed by atoms with E-state index in [2.05, 4.69) is 46.0 Å². The normalized spacial score (nSPS) is 25.8. The first-order valence-corrected chi connectivity index (χ1v) is 16.3. The van der Waals surface area contributed by atoms with Crippen LogP contribution < -0.4 is 4.74 Å². The molecule has 0 radical (unpaired) electrons. The lowest BCUT2D eigenvalue weighted by molar-refractivity contribution is -0.250. The summed E-state index contributed by atoms with van der Waals surface area (Å²) in [7, 11) is -0.367. The van der Waals surface area contributed by atoms with Crippen LogP contribution in [0.3, 0.4) is 0 Å². The van der Waals surface area contributed by atoms with Crippen molar-refractivity contribution in [3.63, 3.8) is 0 Å². The molecule has 0 spiro atoms. The summed E-state index contributed by atoms with van der Waals surface area (Å²) in [6.45, 7) is 16.3. The van der Waals surface area contributed by atoms with Gasteiger partial charge < -0.3 is 32.8 Å². The maximum atomic E-state index is 6.63. The fourth-order valence-corrected chi connectivity index (χ4v) is 5.46. The predicted molar refractivity (Wildman–Crippen MR) is 148 cm³/mol. The van der Waals surface area contributed by atoms with E-state index in [1.807, 2.05) is 56.3 Å². The van der Waals surface area contributed by atoms with Gasteiger partial charge in [-0.1, -0.05) is 63.2 Å². The van der Waals surface area contributed by atoms with Gasteiger partial charge in [-0.25, -0.2) is 0 Å². The molecule has 4 rings (SSSR count). The van der Waals surface area contributed by atoms with Crippen molar-refractivity contribution in [2.24, 2.45) is 0 Å². The molecular weight excluding hydrogens is 500 g/mol. The molecule has 2 heterocycles. The van der Waals surface area contributed by atoms with Gasteiger partial charge in [0.05, 0.1) is 26.9 Å². The molecule has 5 atom stereocenters. The minimum Gasteiger partial charge on any atom is -0.497 e. The van der Waals surface area contributed by atoms with Crippen molar-refractivity contribution < 1.29 is 32.8 Å². The fraction of sp³-hybridized carbons (Fsp3) is 0.600. The Hall–Kier alpha value is -1.78. The van der Waals surface area contributed by atoms with Crippen molar-refractivity contribution in [3.05, 3.63) is 65.7 Å². The summed E-state index contributed by atoms with van der Waals surface area (Å²) in [4.78, 5) is 0. The second-order valence-corrected chi connectivity index (χ2v) is 16.9. The van der Waals surface area contributed by atoms with Gasteiger partial charge in [-0.2, -0.15) is 0 Å². The third-order valence-electron chi connectivity index (χ3n) is 7.71. The van der Waals surface area contributed by atoms with E-state index < -0.39 is 26.5 Å². The van der Waals surface area contributed by atoms with Crippen LogP contribution in [0.4, 0.5) is 0 Å². The van der Waals surface area contributed by atoms with Crippen molar-refractivity contribution in [3.8, 4) is 5.75 Å². The van der Waals surface area contributed by atoms with Crippen LogP contribution in [0.2, 0.25) is 18.1 Å². The highest BCUT2D eigenvalue weighted by Gasteiger charge is 2.58. The van der Waals surface area contributed by atoms with E-state index in [0.717, 1.165) is 16.9 Å². The second-order valence-electron chi connectivity index (χ2n) is 12.1. The van der Waals surface area contributed by atoms with Gasteiger partial charge in [0.15, 0.2) is 20.4 Å². The van der Waals surface area contributed by atoms with Crippen LogP contribution in [0.5, 0.6) is 5.75 Å². The van der Waals surface area contributed by atoms with Crippen molar-refractivity contribution in [2.75, 3.05) is 13.7 Å². The molecule has 0 amide bonds. The van der Waals surface area contributed by atoms with E-state index in [-0.39, 0.29) is 23.4 Å². The van der Waals surface area contributed by atoms with Crippen LogP contribution in [-0.4, -0.2) is 58.5 Å². The van der Waals surface area contributed by atoms with Gasteiger partial charge in [-0.05, 0) is 55.2 Å². The standard InChI is InChI=1S/C30H44O7Si/c1-29(2,3)38(7,8)34-20-24(32-18-21-12-10-9-11-13-21)25-26-27(37-30(4,5)36-26)28(35-25)33-19-22-14-16-23(31-6)17-15-22/h9-17,24-28H,18-20H2,1-8H3/t24-,25-,26+,27+,28+/m1/s1. The third-order valence-corrected chi connectivity index (χ3v) is 12.2. The highest BCUT2D eigenvalue weighted by molar-refractivity contribution is 6.74. The molecule has 38 heavy (non-hydrogen) atoms. The summed E-state index contributed by atoms with van der Waals surface area (Å²) in [6.07, 6.45) is -2.07. The first kappa shape index (κ1) is 29.2. The number of benzene rings is 2. The Morgan fingerprint density at radius 3 is 2.16 bits per heavy atom. The largest absolute Gasteiger partial charge is 0.497 e. The molecule has 0 N–H and O–H groups in total. The molecule has 2 saturated heterocycles. The number of methoxy groups -OCH3 is 1. The number of rotatable bonds is 11. The zero-order chi connectivity index (χ0) is 27.6. The summed E-state index contributed by atoms with van der Waals surface area (Å²) in [5, 5.41) is 0.0784. The average Bonchev–Trinajstić information content (AvgIpc) is 3.36. The van der Waals surface area contributed by atoms with E-state index in [9.17, 15) is 0 Å². The Balaban J connectivity index is 1.51. The second kappa shape index (κ2) is 11.8. The van der Waals surface area contributed by atoms with Crippen LogP contribution >= 0.6 is 0 Å². The molecule has 0 aliphatic carbocycles. The summed E-state index contributed by atoms with van der Waals surface area (Å²) in [6, 6.07) is 18.0. The molecule has 0 aromatic heterocycles.